The Morgan fingerprint density at radius 1 is 1.31 bits per heavy atom. The van der Waals surface area contributed by atoms with Gasteiger partial charge in [0.05, 0.1) is 38.2 Å². The third-order valence-corrected chi connectivity index (χ3v) is 5.32. The molecule has 2 aromatic rings. The molecule has 0 radical (unpaired) electrons. The summed E-state index contributed by atoms with van der Waals surface area (Å²) in [6.07, 6.45) is 13.3. The van der Waals surface area contributed by atoms with Crippen LogP contribution in [0.4, 0.5) is 0 Å². The van der Waals surface area contributed by atoms with Gasteiger partial charge >= 0.3 is 0 Å². The van der Waals surface area contributed by atoms with Gasteiger partial charge in [-0.1, -0.05) is 42.5 Å². The van der Waals surface area contributed by atoms with E-state index in [2.05, 4.69) is 29.0 Å². The number of hydrogen-bond donors (Lipinski definition) is 1. The van der Waals surface area contributed by atoms with Gasteiger partial charge in [-0.2, -0.15) is 5.10 Å². The number of allylic oxidation sites excluding steroid dienone is 8. The molecule has 1 aliphatic rings. The average Bonchev–Trinajstić information content (AvgIpc) is 3.34. The molecule has 2 aromatic heterocycles. The fourth-order valence-corrected chi connectivity index (χ4v) is 4.17. The maximum Gasteiger partial charge on any atom is 0.0981 e. The van der Waals surface area contributed by atoms with Crippen LogP contribution in [0.1, 0.15) is 30.8 Å². The monoisotopic (exact) mass is 427 g/mol. The molecule has 0 aliphatic heterocycles. The summed E-state index contributed by atoms with van der Waals surface area (Å²) in [4.78, 5) is 9.61. The lowest BCUT2D eigenvalue weighted by atomic mass is 9.95. The van der Waals surface area contributed by atoms with Gasteiger partial charge in [0.1, 0.15) is 0 Å². The van der Waals surface area contributed by atoms with Gasteiger partial charge in [-0.05, 0) is 46.5 Å². The molecular formula is C22H26ClN5S. The van der Waals surface area contributed by atoms with Gasteiger partial charge in [0, 0.05) is 17.3 Å². The minimum Gasteiger partial charge on any atom is -0.333 e. The van der Waals surface area contributed by atoms with Gasteiger partial charge in [-0.25, -0.2) is 9.67 Å². The lowest BCUT2D eigenvalue weighted by molar-refractivity contribution is 0.887. The third kappa shape index (κ3) is 4.72. The zero-order chi connectivity index (χ0) is 21.4. The fourth-order valence-electron chi connectivity index (χ4n) is 3.13. The number of aromatic nitrogens is 3. The normalized spacial score (nSPS) is 13.8. The highest BCUT2D eigenvalue weighted by molar-refractivity contribution is 7.13. The summed E-state index contributed by atoms with van der Waals surface area (Å²) in [6, 6.07) is 0. The highest BCUT2D eigenvalue weighted by atomic mass is 35.5. The SMILES string of the molecule is C=N/C=C(\C=C/C)c1nn(/C(=C/C=C\C)C(=C)Cl)c2c1CCc1ncsc1-2.CN. The Bertz CT molecular complexity index is 1000. The van der Waals surface area contributed by atoms with Crippen LogP contribution in [0, 0.1) is 0 Å². The topological polar surface area (TPSA) is 69.1 Å². The molecule has 5 nitrogen and oxygen atoms in total. The molecule has 0 aromatic carbocycles. The van der Waals surface area contributed by atoms with Crippen molar-refractivity contribution in [2.45, 2.75) is 26.7 Å². The van der Waals surface area contributed by atoms with E-state index in [-0.39, 0.29) is 0 Å². The minimum absolute atomic E-state index is 0.431. The van der Waals surface area contributed by atoms with Crippen LogP contribution in [0.5, 0.6) is 0 Å². The van der Waals surface area contributed by atoms with Crippen molar-refractivity contribution in [1.29, 1.82) is 0 Å². The number of nitrogens with two attached hydrogens (primary N) is 1. The number of fused-ring (bicyclic) bond motifs is 3. The summed E-state index contributed by atoms with van der Waals surface area (Å²) in [5, 5.41) is 5.35. The molecule has 0 spiro atoms. The van der Waals surface area contributed by atoms with Crippen molar-refractivity contribution < 1.29 is 0 Å². The highest BCUT2D eigenvalue weighted by Gasteiger charge is 2.29. The summed E-state index contributed by atoms with van der Waals surface area (Å²) >= 11 is 7.97. The lowest BCUT2D eigenvalue weighted by Gasteiger charge is -2.15. The van der Waals surface area contributed by atoms with Crippen molar-refractivity contribution >= 4 is 40.9 Å². The van der Waals surface area contributed by atoms with E-state index >= 15 is 0 Å². The average molecular weight is 428 g/mol. The molecule has 2 N–H and O–H groups in total. The van der Waals surface area contributed by atoms with E-state index in [0.717, 1.165) is 46.1 Å². The number of rotatable bonds is 6. The van der Waals surface area contributed by atoms with Crippen LogP contribution < -0.4 is 5.73 Å². The Balaban J connectivity index is 0.00000145. The Morgan fingerprint density at radius 2 is 2.07 bits per heavy atom. The largest absolute Gasteiger partial charge is 0.333 e. The molecule has 152 valence electrons. The second-order valence-corrected chi connectivity index (χ2v) is 7.28. The maximum absolute atomic E-state index is 6.34. The van der Waals surface area contributed by atoms with E-state index in [0.29, 0.717) is 5.03 Å². The van der Waals surface area contributed by atoms with Crippen molar-refractivity contribution in [3.63, 3.8) is 0 Å². The zero-order valence-corrected chi connectivity index (χ0v) is 18.6. The first-order chi connectivity index (χ1) is 14.1. The molecule has 3 rings (SSSR count). The van der Waals surface area contributed by atoms with Gasteiger partial charge < -0.3 is 5.73 Å². The molecular weight excluding hydrogens is 402 g/mol. The predicted octanol–water partition coefficient (Wildman–Crippen LogP) is 5.47. The van der Waals surface area contributed by atoms with Crippen LogP contribution >= 0.6 is 22.9 Å². The quantitative estimate of drug-likeness (QED) is 0.491. The Kier molecular flexibility index (Phi) is 8.51. The molecule has 7 heteroatoms. The summed E-state index contributed by atoms with van der Waals surface area (Å²) < 4.78 is 1.89. The summed E-state index contributed by atoms with van der Waals surface area (Å²) in [5.41, 5.74) is 12.2. The van der Waals surface area contributed by atoms with Crippen molar-refractivity contribution in [1.82, 2.24) is 14.8 Å². The molecule has 0 amide bonds. The lowest BCUT2D eigenvalue weighted by Crippen LogP contribution is -2.07. The van der Waals surface area contributed by atoms with Crippen LogP contribution in [0.25, 0.3) is 21.8 Å². The van der Waals surface area contributed by atoms with E-state index in [4.69, 9.17) is 16.7 Å². The number of halogens is 1. The first-order valence-corrected chi connectivity index (χ1v) is 10.5. The highest BCUT2D eigenvalue weighted by Crippen LogP contribution is 2.41. The number of aliphatic imine (C=N–C) groups is 1. The minimum atomic E-state index is 0.431. The van der Waals surface area contributed by atoms with E-state index < -0.39 is 0 Å². The molecule has 0 bridgehead atoms. The molecule has 29 heavy (non-hydrogen) atoms. The van der Waals surface area contributed by atoms with E-state index in [9.17, 15) is 0 Å². The Morgan fingerprint density at radius 3 is 2.69 bits per heavy atom. The summed E-state index contributed by atoms with van der Waals surface area (Å²) in [5.74, 6) is 0. The van der Waals surface area contributed by atoms with Crippen LogP contribution in [0.2, 0.25) is 0 Å². The maximum atomic E-state index is 6.34. The first kappa shape index (κ1) is 22.7. The molecule has 0 saturated carbocycles. The van der Waals surface area contributed by atoms with Gasteiger partial charge in [-0.3, -0.25) is 4.99 Å². The third-order valence-electron chi connectivity index (χ3n) is 4.25. The van der Waals surface area contributed by atoms with Crippen LogP contribution in [0.15, 0.2) is 58.7 Å². The number of aryl methyl sites for hydroxylation is 1. The van der Waals surface area contributed by atoms with Gasteiger partial charge in [-0.15, -0.1) is 11.3 Å². The Hall–Kier alpha value is -2.54. The zero-order valence-electron chi connectivity index (χ0n) is 17.0. The summed E-state index contributed by atoms with van der Waals surface area (Å²) in [6.45, 7) is 11.5. The Labute approximate surface area is 181 Å². The number of hydrogen-bond acceptors (Lipinski definition) is 5. The molecule has 0 saturated heterocycles. The van der Waals surface area contributed by atoms with Crippen LogP contribution in [-0.4, -0.2) is 28.5 Å². The number of thiazole rings is 1. The van der Waals surface area contributed by atoms with E-state index in [1.807, 2.05) is 54.4 Å². The van der Waals surface area contributed by atoms with E-state index in [1.165, 1.54) is 12.6 Å². The fraction of sp³-hybridized carbons (Fsp3) is 0.227. The van der Waals surface area contributed by atoms with Crippen molar-refractivity contribution in [3.05, 3.63) is 70.7 Å². The second-order valence-electron chi connectivity index (χ2n) is 5.97. The smallest absolute Gasteiger partial charge is 0.0981 e. The van der Waals surface area contributed by atoms with Crippen molar-refractivity contribution in [2.75, 3.05) is 7.05 Å². The van der Waals surface area contributed by atoms with Crippen LogP contribution in [0.3, 0.4) is 0 Å². The number of nitrogens with zero attached hydrogens (tertiary/aromatic N) is 4. The molecule has 0 fully saturated rings. The van der Waals surface area contributed by atoms with E-state index in [1.54, 1.807) is 17.5 Å². The molecule has 1 aliphatic carbocycles. The standard InChI is InChI=1S/C21H21ClN4S.CH5N/c1-5-7-9-18(14(3)22)26-20-16(10-11-17-21(20)27-13-24-17)19(25-26)15(8-6-2)12-23-4;1-2/h5-9,12-13H,3-4,10-11H2,1-2H3;2H2,1H3/b7-5-,8-6-,15-12+,18-9+;. The van der Waals surface area contributed by atoms with Crippen molar-refractivity contribution in [2.24, 2.45) is 10.7 Å². The van der Waals surface area contributed by atoms with Crippen LogP contribution in [-0.2, 0) is 12.8 Å². The van der Waals surface area contributed by atoms with Crippen molar-refractivity contribution in [3.8, 4) is 10.6 Å². The first-order valence-electron chi connectivity index (χ1n) is 9.21. The molecule has 2 heterocycles. The van der Waals surface area contributed by atoms with Gasteiger partial charge in [0.25, 0.3) is 0 Å². The van der Waals surface area contributed by atoms with Gasteiger partial charge in [0.15, 0.2) is 0 Å². The molecule has 0 unspecified atom stereocenters. The second kappa shape index (κ2) is 10.9. The summed E-state index contributed by atoms with van der Waals surface area (Å²) in [7, 11) is 1.50. The molecule has 0 atom stereocenters. The predicted molar refractivity (Wildman–Crippen MR) is 127 cm³/mol. The van der Waals surface area contributed by atoms with Gasteiger partial charge in [0.2, 0.25) is 0 Å².